The normalized spacial score (nSPS) is 11.1. The monoisotopic (exact) mass is 288 g/mol. The van der Waals surface area contributed by atoms with E-state index in [9.17, 15) is 22.8 Å². The summed E-state index contributed by atoms with van der Waals surface area (Å²) in [6.45, 7) is 1.50. The number of carbonyl (C=O) groups is 2. The van der Waals surface area contributed by atoms with Gasteiger partial charge in [-0.3, -0.25) is 9.59 Å². The first-order chi connectivity index (χ1) is 9.23. The van der Waals surface area contributed by atoms with Gasteiger partial charge in [-0.15, -0.1) is 0 Å². The predicted octanol–water partition coefficient (Wildman–Crippen LogP) is 2.67. The molecule has 0 fully saturated rings. The van der Waals surface area contributed by atoms with E-state index in [1.165, 1.54) is 38.1 Å². The highest BCUT2D eigenvalue weighted by Crippen LogP contribution is 2.18. The number of alkyl halides is 3. The van der Waals surface area contributed by atoms with Crippen LogP contribution in [0.15, 0.2) is 24.3 Å². The molecule has 0 saturated heterocycles. The fourth-order valence-corrected chi connectivity index (χ4v) is 1.63. The van der Waals surface area contributed by atoms with Crippen LogP contribution >= 0.6 is 0 Å². The fourth-order valence-electron chi connectivity index (χ4n) is 1.63. The van der Waals surface area contributed by atoms with Gasteiger partial charge < -0.3 is 10.2 Å². The molecule has 110 valence electrons. The number of hydrogen-bond donors (Lipinski definition) is 1. The summed E-state index contributed by atoms with van der Waals surface area (Å²) in [4.78, 5) is 23.5. The minimum Gasteiger partial charge on any atom is -0.330 e. The van der Waals surface area contributed by atoms with Gasteiger partial charge in [-0.05, 0) is 31.2 Å². The molecule has 1 aromatic rings. The minimum atomic E-state index is -4.43. The van der Waals surface area contributed by atoms with Crippen molar-refractivity contribution in [3.63, 3.8) is 0 Å². The molecule has 0 aliphatic heterocycles. The molecule has 0 radical (unpaired) electrons. The molecular formula is C13H15F3N2O2. The number of anilines is 1. The lowest BCUT2D eigenvalue weighted by molar-refractivity contribution is -0.140. The lowest BCUT2D eigenvalue weighted by Crippen LogP contribution is -2.38. The largest absolute Gasteiger partial charge is 0.406 e. The van der Waals surface area contributed by atoms with E-state index in [1.807, 2.05) is 0 Å². The summed E-state index contributed by atoms with van der Waals surface area (Å²) < 4.78 is 37.0. The zero-order valence-electron chi connectivity index (χ0n) is 11.1. The predicted molar refractivity (Wildman–Crippen MR) is 68.4 cm³/mol. The highest BCUT2D eigenvalue weighted by atomic mass is 19.4. The Morgan fingerprint density at radius 2 is 1.75 bits per heavy atom. The lowest BCUT2D eigenvalue weighted by Gasteiger charge is -2.22. The van der Waals surface area contributed by atoms with E-state index in [4.69, 9.17) is 0 Å². The van der Waals surface area contributed by atoms with Gasteiger partial charge in [0, 0.05) is 24.7 Å². The van der Waals surface area contributed by atoms with Crippen molar-refractivity contribution in [1.82, 2.24) is 4.90 Å². The Kier molecular flexibility index (Phi) is 5.12. The topological polar surface area (TPSA) is 49.4 Å². The molecule has 0 aliphatic carbocycles. The third kappa shape index (κ3) is 4.91. The van der Waals surface area contributed by atoms with E-state index >= 15 is 0 Å². The number of carbonyl (C=O) groups excluding carboxylic acids is 2. The fraction of sp³-hybridized carbons (Fsp3) is 0.385. The maximum Gasteiger partial charge on any atom is 0.406 e. The van der Waals surface area contributed by atoms with E-state index in [1.54, 1.807) is 0 Å². The third-order valence-corrected chi connectivity index (χ3v) is 2.49. The second kappa shape index (κ2) is 6.40. The Labute approximate surface area is 114 Å². The van der Waals surface area contributed by atoms with Crippen molar-refractivity contribution in [2.45, 2.75) is 20.0 Å². The van der Waals surface area contributed by atoms with Gasteiger partial charge in [0.2, 0.25) is 5.91 Å². The Bertz CT molecular complexity index is 483. The molecular weight excluding hydrogens is 273 g/mol. The molecule has 0 unspecified atom stereocenters. The van der Waals surface area contributed by atoms with Crippen LogP contribution in [0, 0.1) is 0 Å². The molecule has 7 heteroatoms. The Hall–Kier alpha value is -2.05. The summed E-state index contributed by atoms with van der Waals surface area (Å²) in [7, 11) is 0. The van der Waals surface area contributed by atoms with Crippen LogP contribution in [0.4, 0.5) is 18.9 Å². The summed E-state index contributed by atoms with van der Waals surface area (Å²) >= 11 is 0. The molecule has 20 heavy (non-hydrogen) atoms. The quantitative estimate of drug-likeness (QED) is 0.926. The van der Waals surface area contributed by atoms with Crippen molar-refractivity contribution in [3.8, 4) is 0 Å². The average molecular weight is 288 g/mol. The Balaban J connectivity index is 2.82. The van der Waals surface area contributed by atoms with Gasteiger partial charge in [-0.2, -0.15) is 13.2 Å². The van der Waals surface area contributed by atoms with Crippen LogP contribution in [0.2, 0.25) is 0 Å². The zero-order valence-corrected chi connectivity index (χ0v) is 11.1. The second-order valence-electron chi connectivity index (χ2n) is 4.19. The van der Waals surface area contributed by atoms with Crippen LogP contribution in [-0.4, -0.2) is 36.0 Å². The van der Waals surface area contributed by atoms with Gasteiger partial charge in [-0.1, -0.05) is 0 Å². The number of benzene rings is 1. The first-order valence-electron chi connectivity index (χ1n) is 5.96. The molecule has 1 N–H and O–H groups in total. The Morgan fingerprint density at radius 1 is 1.20 bits per heavy atom. The lowest BCUT2D eigenvalue weighted by atomic mass is 10.1. The van der Waals surface area contributed by atoms with Crippen molar-refractivity contribution in [1.29, 1.82) is 0 Å². The van der Waals surface area contributed by atoms with Crippen molar-refractivity contribution in [3.05, 3.63) is 29.8 Å². The molecule has 1 rings (SSSR count). The van der Waals surface area contributed by atoms with E-state index in [2.05, 4.69) is 5.32 Å². The van der Waals surface area contributed by atoms with Crippen molar-refractivity contribution in [2.75, 3.05) is 18.4 Å². The molecule has 0 aromatic heterocycles. The molecule has 2 amide bonds. The number of rotatable bonds is 4. The number of amides is 2. The summed E-state index contributed by atoms with van der Waals surface area (Å²) in [5.74, 6) is -0.962. The van der Waals surface area contributed by atoms with E-state index in [0.717, 1.165) is 0 Å². The maximum atomic E-state index is 12.3. The number of hydrogen-bond acceptors (Lipinski definition) is 2. The van der Waals surface area contributed by atoms with Crippen LogP contribution in [0.25, 0.3) is 0 Å². The van der Waals surface area contributed by atoms with Crippen LogP contribution in [-0.2, 0) is 4.79 Å². The summed E-state index contributed by atoms with van der Waals surface area (Å²) in [5, 5.41) is 2.51. The molecule has 4 nitrogen and oxygen atoms in total. The molecule has 0 spiro atoms. The van der Waals surface area contributed by atoms with Crippen LogP contribution in [0.3, 0.4) is 0 Å². The maximum absolute atomic E-state index is 12.3. The third-order valence-electron chi connectivity index (χ3n) is 2.49. The van der Waals surface area contributed by atoms with Crippen LogP contribution in [0.5, 0.6) is 0 Å². The Morgan fingerprint density at radius 3 is 2.15 bits per heavy atom. The highest BCUT2D eigenvalue weighted by Gasteiger charge is 2.32. The second-order valence-corrected chi connectivity index (χ2v) is 4.19. The van der Waals surface area contributed by atoms with Crippen molar-refractivity contribution in [2.24, 2.45) is 0 Å². The molecule has 0 atom stereocenters. The number of nitrogens with zero attached hydrogens (tertiary/aromatic N) is 1. The zero-order chi connectivity index (χ0) is 15.3. The van der Waals surface area contributed by atoms with Gasteiger partial charge >= 0.3 is 6.18 Å². The van der Waals surface area contributed by atoms with Crippen molar-refractivity contribution < 1.29 is 22.8 Å². The molecule has 0 bridgehead atoms. The summed E-state index contributed by atoms with van der Waals surface area (Å²) in [6.07, 6.45) is -4.43. The molecule has 0 aliphatic rings. The molecule has 0 heterocycles. The number of halogens is 3. The van der Waals surface area contributed by atoms with Gasteiger partial charge in [0.25, 0.3) is 5.91 Å². The van der Waals surface area contributed by atoms with Crippen molar-refractivity contribution >= 4 is 17.5 Å². The van der Waals surface area contributed by atoms with Gasteiger partial charge in [0.1, 0.15) is 6.54 Å². The highest BCUT2D eigenvalue weighted by molar-refractivity contribution is 5.95. The summed E-state index contributed by atoms with van der Waals surface area (Å²) in [6, 6.07) is 5.70. The smallest absolute Gasteiger partial charge is 0.330 e. The summed E-state index contributed by atoms with van der Waals surface area (Å²) in [5.41, 5.74) is 0.623. The van der Waals surface area contributed by atoms with Crippen LogP contribution < -0.4 is 5.32 Å². The van der Waals surface area contributed by atoms with E-state index < -0.39 is 18.6 Å². The van der Waals surface area contributed by atoms with E-state index in [-0.39, 0.29) is 18.0 Å². The standard InChI is InChI=1S/C13H15F3N2O2/c1-3-18(8-13(14,15)16)12(20)10-4-6-11(7-5-10)17-9(2)19/h4-7H,3,8H2,1-2H3,(H,17,19). The first-order valence-corrected chi connectivity index (χ1v) is 5.96. The van der Waals surface area contributed by atoms with Gasteiger partial charge in [0.15, 0.2) is 0 Å². The SMILES string of the molecule is CCN(CC(F)(F)F)C(=O)c1ccc(NC(C)=O)cc1. The average Bonchev–Trinajstić information content (AvgIpc) is 2.34. The van der Waals surface area contributed by atoms with Gasteiger partial charge in [0.05, 0.1) is 0 Å². The van der Waals surface area contributed by atoms with Gasteiger partial charge in [-0.25, -0.2) is 0 Å². The molecule has 0 saturated carbocycles. The number of nitrogens with one attached hydrogen (secondary N) is 1. The first kappa shape index (κ1) is 16.0. The van der Waals surface area contributed by atoms with Crippen LogP contribution in [0.1, 0.15) is 24.2 Å². The van der Waals surface area contributed by atoms with E-state index in [0.29, 0.717) is 10.6 Å². The minimum absolute atomic E-state index is 0.0359. The molecule has 1 aromatic carbocycles.